The van der Waals surface area contributed by atoms with Gasteiger partial charge in [-0.25, -0.2) is 0 Å². The number of rotatable bonds is 11. The second kappa shape index (κ2) is 11.3. The second-order valence-electron chi connectivity index (χ2n) is 6.71. The molecule has 5 heteroatoms. The molecule has 146 valence electrons. The van der Waals surface area contributed by atoms with Crippen LogP contribution in [-0.4, -0.2) is 37.6 Å². The van der Waals surface area contributed by atoms with Crippen LogP contribution in [0.15, 0.2) is 42.5 Å². The minimum Gasteiger partial charge on any atom is -0.381 e. The molecule has 2 amide bonds. The number of benzene rings is 2. The molecule has 2 aromatic rings. The summed E-state index contributed by atoms with van der Waals surface area (Å²) in [5, 5.41) is 7.79. The number of fused-ring (bicyclic) bond motifs is 1. The summed E-state index contributed by atoms with van der Waals surface area (Å²) >= 11 is 0. The van der Waals surface area contributed by atoms with Crippen LogP contribution in [0.4, 0.5) is 0 Å². The first kappa shape index (κ1) is 20.9. The molecular formula is C22H30N2O3. The highest BCUT2D eigenvalue weighted by molar-refractivity contribution is 5.92. The highest BCUT2D eigenvalue weighted by atomic mass is 16.5. The van der Waals surface area contributed by atoms with Gasteiger partial charge in [-0.15, -0.1) is 0 Å². The number of amides is 2. The van der Waals surface area contributed by atoms with Crippen molar-refractivity contribution >= 4 is 22.6 Å². The van der Waals surface area contributed by atoms with E-state index in [9.17, 15) is 9.59 Å². The molecule has 2 rings (SSSR count). The standard InChI is InChI=1S/C22H30N2O3/c1-3-4-14-27-15-8-13-23-22(26)17(2)24-21(25)16-19-11-7-10-18-9-5-6-12-20(18)19/h5-7,9-12,17H,3-4,8,13-16H2,1-2H3,(H,23,26)(H,24,25)/t17-/m0/s1. The summed E-state index contributed by atoms with van der Waals surface area (Å²) in [5.41, 5.74) is 0.961. The molecular weight excluding hydrogens is 340 g/mol. The van der Waals surface area contributed by atoms with E-state index >= 15 is 0 Å². The lowest BCUT2D eigenvalue weighted by atomic mass is 10.0. The van der Waals surface area contributed by atoms with E-state index in [4.69, 9.17) is 4.74 Å². The van der Waals surface area contributed by atoms with E-state index in [1.807, 2.05) is 42.5 Å². The van der Waals surface area contributed by atoms with E-state index in [0.717, 1.165) is 42.2 Å². The molecule has 27 heavy (non-hydrogen) atoms. The predicted octanol–water partition coefficient (Wildman–Crippen LogP) is 3.21. The topological polar surface area (TPSA) is 67.4 Å². The van der Waals surface area contributed by atoms with Gasteiger partial charge in [-0.2, -0.15) is 0 Å². The Balaban J connectivity index is 1.73. The lowest BCUT2D eigenvalue weighted by Crippen LogP contribution is -2.45. The lowest BCUT2D eigenvalue weighted by molar-refractivity contribution is -0.128. The maximum absolute atomic E-state index is 12.3. The molecule has 0 bridgehead atoms. The lowest BCUT2D eigenvalue weighted by Gasteiger charge is -2.15. The molecule has 1 atom stereocenters. The van der Waals surface area contributed by atoms with Crippen molar-refractivity contribution in [3.8, 4) is 0 Å². The van der Waals surface area contributed by atoms with Crippen LogP contribution in [0.25, 0.3) is 10.8 Å². The Kier molecular flexibility index (Phi) is 8.78. The molecule has 0 unspecified atom stereocenters. The smallest absolute Gasteiger partial charge is 0.242 e. The number of hydrogen-bond donors (Lipinski definition) is 2. The van der Waals surface area contributed by atoms with E-state index in [1.165, 1.54) is 0 Å². The van der Waals surface area contributed by atoms with Gasteiger partial charge in [0.2, 0.25) is 11.8 Å². The van der Waals surface area contributed by atoms with Crippen molar-refractivity contribution < 1.29 is 14.3 Å². The summed E-state index contributed by atoms with van der Waals surface area (Å²) in [7, 11) is 0. The van der Waals surface area contributed by atoms with E-state index < -0.39 is 6.04 Å². The molecule has 0 spiro atoms. The van der Waals surface area contributed by atoms with Gasteiger partial charge in [0.25, 0.3) is 0 Å². The third-order valence-corrected chi connectivity index (χ3v) is 4.41. The van der Waals surface area contributed by atoms with Gasteiger partial charge in [0, 0.05) is 19.8 Å². The van der Waals surface area contributed by atoms with Crippen molar-refractivity contribution in [1.29, 1.82) is 0 Å². The zero-order valence-electron chi connectivity index (χ0n) is 16.3. The van der Waals surface area contributed by atoms with Crippen LogP contribution < -0.4 is 10.6 Å². The van der Waals surface area contributed by atoms with E-state index in [-0.39, 0.29) is 18.2 Å². The Labute approximate surface area is 161 Å². The molecule has 0 fully saturated rings. The fraction of sp³-hybridized carbons (Fsp3) is 0.455. The van der Waals surface area contributed by atoms with Gasteiger partial charge in [-0.1, -0.05) is 55.8 Å². The van der Waals surface area contributed by atoms with Crippen LogP contribution in [-0.2, 0) is 20.7 Å². The van der Waals surface area contributed by atoms with E-state index in [1.54, 1.807) is 6.92 Å². The SMILES string of the molecule is CCCCOCCCNC(=O)[C@H](C)NC(=O)Cc1cccc2ccccc12. The van der Waals surface area contributed by atoms with Crippen LogP contribution in [0.2, 0.25) is 0 Å². The molecule has 0 heterocycles. The minimum atomic E-state index is -0.562. The molecule has 5 nitrogen and oxygen atoms in total. The van der Waals surface area contributed by atoms with Gasteiger partial charge in [0.05, 0.1) is 6.42 Å². The fourth-order valence-electron chi connectivity index (χ4n) is 2.87. The van der Waals surface area contributed by atoms with Crippen molar-refractivity contribution in [2.45, 2.75) is 45.6 Å². The molecule has 2 N–H and O–H groups in total. The molecule has 0 saturated heterocycles. The van der Waals surface area contributed by atoms with Gasteiger partial charge in [-0.3, -0.25) is 9.59 Å². The quantitative estimate of drug-likeness (QED) is 0.597. The van der Waals surface area contributed by atoms with Crippen LogP contribution in [0.3, 0.4) is 0 Å². The third-order valence-electron chi connectivity index (χ3n) is 4.41. The first-order valence-electron chi connectivity index (χ1n) is 9.73. The first-order chi connectivity index (χ1) is 13.1. The molecule has 0 aliphatic carbocycles. The molecule has 0 saturated carbocycles. The largest absolute Gasteiger partial charge is 0.381 e. The second-order valence-corrected chi connectivity index (χ2v) is 6.71. The van der Waals surface area contributed by atoms with Gasteiger partial charge < -0.3 is 15.4 Å². The Morgan fingerprint density at radius 3 is 2.59 bits per heavy atom. The van der Waals surface area contributed by atoms with E-state index in [0.29, 0.717) is 13.2 Å². The minimum absolute atomic E-state index is 0.156. The van der Waals surface area contributed by atoms with Gasteiger partial charge in [0.15, 0.2) is 0 Å². The van der Waals surface area contributed by atoms with Crippen molar-refractivity contribution in [1.82, 2.24) is 10.6 Å². The summed E-state index contributed by atoms with van der Waals surface area (Å²) in [6.07, 6.45) is 3.20. The molecule has 0 aliphatic heterocycles. The van der Waals surface area contributed by atoms with Gasteiger partial charge >= 0.3 is 0 Å². The average molecular weight is 370 g/mol. The van der Waals surface area contributed by atoms with Crippen LogP contribution >= 0.6 is 0 Å². The van der Waals surface area contributed by atoms with Crippen LogP contribution in [0.5, 0.6) is 0 Å². The number of carbonyl (C=O) groups is 2. The number of ether oxygens (including phenoxy) is 1. The maximum Gasteiger partial charge on any atom is 0.242 e. The highest BCUT2D eigenvalue weighted by Crippen LogP contribution is 2.18. The zero-order valence-corrected chi connectivity index (χ0v) is 16.3. The summed E-state index contributed by atoms with van der Waals surface area (Å²) < 4.78 is 5.46. The monoisotopic (exact) mass is 370 g/mol. The Hall–Kier alpha value is -2.40. The number of carbonyl (C=O) groups excluding carboxylic acids is 2. The van der Waals surface area contributed by atoms with Crippen LogP contribution in [0, 0.1) is 0 Å². The fourth-order valence-corrected chi connectivity index (χ4v) is 2.87. The van der Waals surface area contributed by atoms with Gasteiger partial charge in [0.1, 0.15) is 6.04 Å². The predicted molar refractivity (Wildman–Crippen MR) is 109 cm³/mol. The third kappa shape index (κ3) is 7.02. The summed E-state index contributed by atoms with van der Waals surface area (Å²) in [5.74, 6) is -0.327. The number of hydrogen-bond acceptors (Lipinski definition) is 3. The van der Waals surface area contributed by atoms with Crippen molar-refractivity contribution in [2.75, 3.05) is 19.8 Å². The van der Waals surface area contributed by atoms with Crippen molar-refractivity contribution in [3.05, 3.63) is 48.0 Å². The zero-order chi connectivity index (χ0) is 19.5. The Morgan fingerprint density at radius 1 is 1.04 bits per heavy atom. The van der Waals surface area contributed by atoms with E-state index in [2.05, 4.69) is 17.6 Å². The summed E-state index contributed by atoms with van der Waals surface area (Å²) in [6, 6.07) is 13.3. The summed E-state index contributed by atoms with van der Waals surface area (Å²) in [4.78, 5) is 24.4. The molecule has 0 radical (unpaired) electrons. The molecule has 0 aliphatic rings. The number of unbranched alkanes of at least 4 members (excludes halogenated alkanes) is 1. The first-order valence-corrected chi connectivity index (χ1v) is 9.73. The molecule has 0 aromatic heterocycles. The van der Waals surface area contributed by atoms with Gasteiger partial charge in [-0.05, 0) is 36.1 Å². The van der Waals surface area contributed by atoms with Crippen molar-refractivity contribution in [2.24, 2.45) is 0 Å². The molecule has 2 aromatic carbocycles. The Bertz CT molecular complexity index is 740. The van der Waals surface area contributed by atoms with Crippen LogP contribution in [0.1, 0.15) is 38.7 Å². The maximum atomic E-state index is 12.3. The Morgan fingerprint density at radius 2 is 1.78 bits per heavy atom. The van der Waals surface area contributed by atoms with Crippen molar-refractivity contribution in [3.63, 3.8) is 0 Å². The normalized spacial score (nSPS) is 11.9. The highest BCUT2D eigenvalue weighted by Gasteiger charge is 2.15. The summed E-state index contributed by atoms with van der Waals surface area (Å²) in [6.45, 7) is 5.79. The average Bonchev–Trinajstić information content (AvgIpc) is 2.67. The number of nitrogens with one attached hydrogen (secondary N) is 2.